The zero-order valence-electron chi connectivity index (χ0n) is 37.4. The third kappa shape index (κ3) is 17.8. The lowest BCUT2D eigenvalue weighted by atomic mass is 9.88. The van der Waals surface area contributed by atoms with Crippen LogP contribution in [0.15, 0.2) is 12.3 Å². The van der Waals surface area contributed by atoms with Gasteiger partial charge in [-0.3, -0.25) is 14.4 Å². The molecular weight excluding hydrogens is 737 g/mol. The SMILES string of the molecule is C=C1CC(C)OC(C)(CC)O1.CC1CC(=O)CC(C)(CP)O1.CCC1(C)CC(N)CC(C)O1.CCC1(C)OC(=O)CC(C)O1.CCC1(C)OC(C)CC(O)C1=O. The highest BCUT2D eigenvalue weighted by molar-refractivity contribution is 7.16. The minimum atomic E-state index is -0.835. The normalized spacial score (nSPS) is 41.1. The number of Topliss-reactive ketones (excluding diaryl/α,β-unsaturated/α-hetero) is 2. The molecule has 13 unspecified atom stereocenters. The van der Waals surface area contributed by atoms with Gasteiger partial charge in [-0.1, -0.05) is 34.3 Å². The summed E-state index contributed by atoms with van der Waals surface area (Å²) >= 11 is 0. The van der Waals surface area contributed by atoms with Gasteiger partial charge in [-0.15, -0.1) is 9.24 Å². The molecule has 56 heavy (non-hydrogen) atoms. The van der Waals surface area contributed by atoms with E-state index in [4.69, 9.17) is 38.9 Å². The van der Waals surface area contributed by atoms with Gasteiger partial charge in [0.15, 0.2) is 5.78 Å². The third-order valence-corrected chi connectivity index (χ3v) is 11.8. The highest BCUT2D eigenvalue weighted by Crippen LogP contribution is 2.32. The lowest BCUT2D eigenvalue weighted by Gasteiger charge is -2.40. The Morgan fingerprint density at radius 3 is 1.62 bits per heavy atom. The van der Waals surface area contributed by atoms with Gasteiger partial charge < -0.3 is 44.0 Å². The molecule has 5 aliphatic heterocycles. The number of esters is 1. The summed E-state index contributed by atoms with van der Waals surface area (Å²) < 4.78 is 38.5. The van der Waals surface area contributed by atoms with Gasteiger partial charge in [0, 0.05) is 58.4 Å². The summed E-state index contributed by atoms with van der Waals surface area (Å²) in [5.41, 5.74) is 4.95. The minimum absolute atomic E-state index is 0.0128. The molecule has 0 aromatic rings. The molecule has 0 bridgehead atoms. The number of nitrogens with two attached hydrogens (primary N) is 1. The number of cyclic esters (lactones) is 1. The van der Waals surface area contributed by atoms with E-state index in [1.54, 1.807) is 13.8 Å². The van der Waals surface area contributed by atoms with E-state index in [9.17, 15) is 19.5 Å². The maximum absolute atomic E-state index is 11.4. The predicted octanol–water partition coefficient (Wildman–Crippen LogP) is 7.88. The highest BCUT2D eigenvalue weighted by atomic mass is 31.0. The van der Waals surface area contributed by atoms with Crippen molar-refractivity contribution in [3.05, 3.63) is 12.3 Å². The fourth-order valence-corrected chi connectivity index (χ4v) is 7.67. The first-order chi connectivity index (χ1) is 25.7. The van der Waals surface area contributed by atoms with Crippen LogP contribution < -0.4 is 5.73 Å². The molecule has 5 rings (SSSR count). The van der Waals surface area contributed by atoms with Crippen molar-refractivity contribution in [1.82, 2.24) is 0 Å². The lowest BCUT2D eigenvalue weighted by molar-refractivity contribution is -0.263. The van der Waals surface area contributed by atoms with Gasteiger partial charge in [0.2, 0.25) is 11.6 Å². The zero-order chi connectivity index (χ0) is 43.3. The standard InChI is InChI=1S/C9H19NO.C9H16O3.C9H16O2.C8H14O3.C8H15O2P/c1-4-9(3)6-8(10)5-7(2)11-9;1-4-9(3)8(11)7(10)5-6(2)12-9;1-5-9(4)10-7(2)6-8(3)11-9;1-4-8(3)10-6(2)5-7(9)11-8;1-6-3-7(9)4-8(2,5-11)10-6/h7-8H,4-6,10H2,1-3H3;6-7,10H,4-5H2,1-3H3;8H,2,5-6H2,1,3-4H3;6H,4-5H2,1-3H3;6H,3-5,11H2,1-2H3. The van der Waals surface area contributed by atoms with Crippen molar-refractivity contribution in [2.45, 2.75) is 239 Å². The third-order valence-electron chi connectivity index (χ3n) is 10.9. The lowest BCUT2D eigenvalue weighted by Crippen LogP contribution is -2.52. The van der Waals surface area contributed by atoms with Crippen molar-refractivity contribution in [3.8, 4) is 0 Å². The average Bonchev–Trinajstić information content (AvgIpc) is 3.06. The Bertz CT molecular complexity index is 1170. The largest absolute Gasteiger partial charge is 0.468 e. The molecule has 5 fully saturated rings. The molecule has 3 N–H and O–H groups in total. The number of hydrogen-bond acceptors (Lipinski definition) is 12. The van der Waals surface area contributed by atoms with Gasteiger partial charge in [0.1, 0.15) is 17.5 Å². The van der Waals surface area contributed by atoms with Crippen molar-refractivity contribution in [1.29, 1.82) is 0 Å². The number of carbonyl (C=O) groups excluding carboxylic acids is 3. The van der Waals surface area contributed by atoms with Crippen LogP contribution in [-0.2, 0) is 47.5 Å². The van der Waals surface area contributed by atoms with Crippen LogP contribution in [-0.4, -0.2) is 99.8 Å². The van der Waals surface area contributed by atoms with Crippen LogP contribution >= 0.6 is 9.24 Å². The molecule has 0 radical (unpaired) electrons. The molecule has 0 aromatic carbocycles. The monoisotopic (exact) mass is 818 g/mol. The molecule has 328 valence electrons. The van der Waals surface area contributed by atoms with Crippen LogP contribution in [0.3, 0.4) is 0 Å². The molecular formula is C43H80NO11P. The Morgan fingerprint density at radius 2 is 1.18 bits per heavy atom. The first-order valence-corrected chi connectivity index (χ1v) is 21.7. The number of ketones is 2. The van der Waals surface area contributed by atoms with Crippen molar-refractivity contribution >= 4 is 26.8 Å². The van der Waals surface area contributed by atoms with E-state index in [0.29, 0.717) is 56.5 Å². The van der Waals surface area contributed by atoms with Crippen molar-refractivity contribution < 1.29 is 52.6 Å². The van der Waals surface area contributed by atoms with Crippen LogP contribution in [0.4, 0.5) is 0 Å². The topological polar surface area (TPSA) is 162 Å². The van der Waals surface area contributed by atoms with Crippen LogP contribution in [0.2, 0.25) is 0 Å². The number of hydrogen-bond donors (Lipinski definition) is 2. The van der Waals surface area contributed by atoms with Gasteiger partial charge >= 0.3 is 5.97 Å². The summed E-state index contributed by atoms with van der Waals surface area (Å²) in [6.45, 7) is 31.3. The summed E-state index contributed by atoms with van der Waals surface area (Å²) in [5.74, 6) is -0.290. The van der Waals surface area contributed by atoms with E-state index in [0.717, 1.165) is 44.0 Å². The average molecular weight is 818 g/mol. The summed E-state index contributed by atoms with van der Waals surface area (Å²) in [5, 5.41) is 9.39. The smallest absolute Gasteiger partial charge is 0.310 e. The van der Waals surface area contributed by atoms with E-state index in [-0.39, 0.29) is 47.4 Å². The Balaban J connectivity index is 0.000000350. The second-order valence-electron chi connectivity index (χ2n) is 17.4. The molecule has 12 nitrogen and oxygen atoms in total. The molecule has 0 saturated carbocycles. The summed E-state index contributed by atoms with van der Waals surface area (Å²) in [4.78, 5) is 33.6. The van der Waals surface area contributed by atoms with E-state index >= 15 is 0 Å². The van der Waals surface area contributed by atoms with Gasteiger partial charge in [-0.25, -0.2) is 0 Å². The van der Waals surface area contributed by atoms with Crippen LogP contribution in [0.5, 0.6) is 0 Å². The van der Waals surface area contributed by atoms with Crippen molar-refractivity contribution in [2.75, 3.05) is 6.16 Å². The second kappa shape index (κ2) is 22.8. The fraction of sp³-hybridized carbons (Fsp3) is 0.884. The second-order valence-corrected chi connectivity index (χ2v) is 17.8. The van der Waals surface area contributed by atoms with Crippen molar-refractivity contribution in [2.24, 2.45) is 5.73 Å². The molecule has 5 aliphatic rings. The predicted molar refractivity (Wildman–Crippen MR) is 223 cm³/mol. The molecule has 0 amide bonds. The Morgan fingerprint density at radius 1 is 0.679 bits per heavy atom. The number of aliphatic hydroxyl groups excluding tert-OH is 1. The van der Waals surface area contributed by atoms with E-state index in [1.807, 2.05) is 62.3 Å². The molecule has 0 aliphatic carbocycles. The van der Waals surface area contributed by atoms with E-state index in [2.05, 4.69) is 36.6 Å². The van der Waals surface area contributed by atoms with Gasteiger partial charge in [-0.2, -0.15) is 0 Å². The van der Waals surface area contributed by atoms with Crippen LogP contribution in [0.25, 0.3) is 0 Å². The van der Waals surface area contributed by atoms with Gasteiger partial charge in [-0.05, 0) is 87.2 Å². The number of ether oxygens (including phenoxy) is 7. The maximum atomic E-state index is 11.4. The first kappa shape index (κ1) is 52.5. The molecule has 0 aromatic heterocycles. The van der Waals surface area contributed by atoms with Gasteiger partial charge in [0.25, 0.3) is 0 Å². The molecule has 5 heterocycles. The minimum Gasteiger partial charge on any atom is -0.468 e. The highest BCUT2D eigenvalue weighted by Gasteiger charge is 2.43. The Kier molecular flexibility index (Phi) is 21.3. The van der Waals surface area contributed by atoms with Crippen LogP contribution in [0, 0.1) is 0 Å². The fourth-order valence-electron chi connectivity index (χ4n) is 7.43. The Labute approximate surface area is 341 Å². The number of carbonyl (C=O) groups is 3. The Hall–Kier alpha value is -1.50. The quantitative estimate of drug-likeness (QED) is 0.204. The van der Waals surface area contributed by atoms with E-state index in [1.165, 1.54) is 0 Å². The van der Waals surface area contributed by atoms with Gasteiger partial charge in [0.05, 0.1) is 53.9 Å². The zero-order valence-corrected chi connectivity index (χ0v) is 38.6. The maximum Gasteiger partial charge on any atom is 0.310 e. The van der Waals surface area contributed by atoms with Crippen molar-refractivity contribution in [3.63, 3.8) is 0 Å². The number of aliphatic hydroxyl groups is 1. The van der Waals surface area contributed by atoms with Crippen LogP contribution in [0.1, 0.15) is 168 Å². The number of rotatable bonds is 5. The van der Waals surface area contributed by atoms with E-state index < -0.39 is 23.3 Å². The summed E-state index contributed by atoms with van der Waals surface area (Å²) in [7, 11) is 2.63. The molecule has 0 spiro atoms. The molecule has 5 saturated heterocycles. The molecule has 13 heteroatoms. The first-order valence-electron chi connectivity index (χ1n) is 20.9. The summed E-state index contributed by atoms with van der Waals surface area (Å²) in [6, 6.07) is 0.337. The summed E-state index contributed by atoms with van der Waals surface area (Å²) in [6.07, 6.45) is 8.65. The molecule has 13 atom stereocenters.